The fourth-order valence-electron chi connectivity index (χ4n) is 2.26. The van der Waals surface area contributed by atoms with Crippen molar-refractivity contribution >= 4 is 11.8 Å². The van der Waals surface area contributed by atoms with Gasteiger partial charge < -0.3 is 10.1 Å². The van der Waals surface area contributed by atoms with E-state index in [1.165, 1.54) is 13.2 Å². The van der Waals surface area contributed by atoms with Crippen molar-refractivity contribution in [3.8, 4) is 5.75 Å². The molecule has 0 aromatic heterocycles. The molecule has 0 fully saturated rings. The van der Waals surface area contributed by atoms with Gasteiger partial charge in [0.15, 0.2) is 11.6 Å². The van der Waals surface area contributed by atoms with Gasteiger partial charge in [-0.15, -0.1) is 0 Å². The van der Waals surface area contributed by atoms with Crippen LogP contribution in [0.5, 0.6) is 5.75 Å². The summed E-state index contributed by atoms with van der Waals surface area (Å²) in [5.74, 6) is -0.0118. The van der Waals surface area contributed by atoms with E-state index in [0.29, 0.717) is 5.75 Å². The molecule has 1 atom stereocenters. The van der Waals surface area contributed by atoms with Gasteiger partial charge in [0, 0.05) is 17.3 Å². The summed E-state index contributed by atoms with van der Waals surface area (Å²) >= 11 is 1.92. The zero-order valence-electron chi connectivity index (χ0n) is 13.1. The Balaban J connectivity index is 2.74. The third kappa shape index (κ3) is 4.13. The van der Waals surface area contributed by atoms with E-state index in [4.69, 9.17) is 4.74 Å². The Hall–Kier alpha value is -0.740. The summed E-state index contributed by atoms with van der Waals surface area (Å²) in [6, 6.07) is 5.22. The van der Waals surface area contributed by atoms with Gasteiger partial charge in [0.2, 0.25) is 0 Å². The largest absolute Gasteiger partial charge is 0.494 e. The van der Waals surface area contributed by atoms with Gasteiger partial charge in [-0.1, -0.05) is 19.9 Å². The standard InChI is InChI=1S/C16H26FNOS/c1-6-16(7-2,20-5)11-18-12(3)13-8-9-14(17)15(10-13)19-4/h8-10,12,18H,6-7,11H2,1-5H3. The third-order valence-electron chi connectivity index (χ3n) is 4.13. The minimum Gasteiger partial charge on any atom is -0.494 e. The van der Waals surface area contributed by atoms with Crippen LogP contribution < -0.4 is 10.1 Å². The maximum atomic E-state index is 13.4. The number of rotatable bonds is 8. The maximum absolute atomic E-state index is 13.4. The molecule has 0 bridgehead atoms. The second-order valence-electron chi connectivity index (χ2n) is 5.09. The topological polar surface area (TPSA) is 21.3 Å². The van der Waals surface area contributed by atoms with Crippen molar-refractivity contribution in [2.24, 2.45) is 0 Å². The molecule has 20 heavy (non-hydrogen) atoms. The number of hydrogen-bond acceptors (Lipinski definition) is 3. The molecule has 0 amide bonds. The smallest absolute Gasteiger partial charge is 0.165 e. The molecule has 4 heteroatoms. The van der Waals surface area contributed by atoms with Crippen molar-refractivity contribution < 1.29 is 9.13 Å². The van der Waals surface area contributed by atoms with Crippen LogP contribution in [0.25, 0.3) is 0 Å². The van der Waals surface area contributed by atoms with Gasteiger partial charge in [-0.25, -0.2) is 4.39 Å². The Morgan fingerprint density at radius 2 is 2.00 bits per heavy atom. The van der Waals surface area contributed by atoms with Crippen LogP contribution in [0.1, 0.15) is 45.2 Å². The molecule has 1 N–H and O–H groups in total. The first kappa shape index (κ1) is 17.3. The van der Waals surface area contributed by atoms with Crippen molar-refractivity contribution in [1.82, 2.24) is 5.32 Å². The molecule has 1 unspecified atom stereocenters. The van der Waals surface area contributed by atoms with Crippen LogP contribution in [0.4, 0.5) is 4.39 Å². The third-order valence-corrected chi connectivity index (χ3v) is 5.71. The highest BCUT2D eigenvalue weighted by Crippen LogP contribution is 2.30. The van der Waals surface area contributed by atoms with Gasteiger partial charge in [-0.3, -0.25) is 0 Å². The number of halogens is 1. The van der Waals surface area contributed by atoms with Crippen molar-refractivity contribution in [3.05, 3.63) is 29.6 Å². The number of methoxy groups -OCH3 is 1. The lowest BCUT2D eigenvalue weighted by Gasteiger charge is -2.31. The van der Waals surface area contributed by atoms with Crippen LogP contribution in [-0.4, -0.2) is 24.7 Å². The van der Waals surface area contributed by atoms with E-state index in [2.05, 4.69) is 32.3 Å². The Kier molecular flexibility index (Phi) is 6.83. The second kappa shape index (κ2) is 7.89. The summed E-state index contributed by atoms with van der Waals surface area (Å²) in [6.07, 6.45) is 4.44. The van der Waals surface area contributed by atoms with Crippen LogP contribution in [0.2, 0.25) is 0 Å². The van der Waals surface area contributed by atoms with Crippen molar-refractivity contribution in [2.75, 3.05) is 19.9 Å². The van der Waals surface area contributed by atoms with Crippen LogP contribution in [0.15, 0.2) is 18.2 Å². The van der Waals surface area contributed by atoms with E-state index < -0.39 is 0 Å². The molecule has 1 rings (SSSR count). The predicted molar refractivity (Wildman–Crippen MR) is 86.2 cm³/mol. The number of thioether (sulfide) groups is 1. The summed E-state index contributed by atoms with van der Waals surface area (Å²) in [6.45, 7) is 7.51. The zero-order valence-corrected chi connectivity index (χ0v) is 13.9. The van der Waals surface area contributed by atoms with Crippen LogP contribution in [0.3, 0.4) is 0 Å². The molecule has 0 aliphatic carbocycles. The number of benzene rings is 1. The first-order valence-corrected chi connectivity index (χ1v) is 8.36. The van der Waals surface area contributed by atoms with Crippen molar-refractivity contribution in [3.63, 3.8) is 0 Å². The van der Waals surface area contributed by atoms with E-state index in [1.54, 1.807) is 6.07 Å². The lowest BCUT2D eigenvalue weighted by atomic mass is 10.0. The Bertz CT molecular complexity index is 413. The van der Waals surface area contributed by atoms with Crippen LogP contribution in [0, 0.1) is 5.82 Å². The molecule has 0 aliphatic rings. The molecule has 0 saturated carbocycles. The van der Waals surface area contributed by atoms with E-state index >= 15 is 0 Å². The SMILES string of the molecule is CCC(CC)(CNC(C)c1ccc(F)c(OC)c1)SC. The Labute approximate surface area is 126 Å². The molecular weight excluding hydrogens is 273 g/mol. The Morgan fingerprint density at radius 3 is 2.50 bits per heavy atom. The average Bonchev–Trinajstić information content (AvgIpc) is 2.49. The van der Waals surface area contributed by atoms with Crippen LogP contribution in [-0.2, 0) is 0 Å². The molecule has 2 nitrogen and oxygen atoms in total. The molecule has 0 heterocycles. The van der Waals surface area contributed by atoms with E-state index in [0.717, 1.165) is 24.9 Å². The van der Waals surface area contributed by atoms with Gasteiger partial charge in [0.25, 0.3) is 0 Å². The predicted octanol–water partition coefficient (Wildman–Crippen LogP) is 4.41. The minimum absolute atomic E-state index is 0.175. The maximum Gasteiger partial charge on any atom is 0.165 e. The van der Waals surface area contributed by atoms with E-state index in [-0.39, 0.29) is 16.6 Å². The molecular formula is C16H26FNOS. The summed E-state index contributed by atoms with van der Waals surface area (Å²) in [5, 5.41) is 3.56. The Morgan fingerprint density at radius 1 is 1.35 bits per heavy atom. The molecule has 0 saturated heterocycles. The lowest BCUT2D eigenvalue weighted by molar-refractivity contribution is 0.384. The fourth-order valence-corrected chi connectivity index (χ4v) is 3.07. The highest BCUT2D eigenvalue weighted by Gasteiger charge is 2.25. The molecule has 1 aromatic rings. The van der Waals surface area contributed by atoms with E-state index in [9.17, 15) is 4.39 Å². The van der Waals surface area contributed by atoms with Crippen molar-refractivity contribution in [2.45, 2.75) is 44.4 Å². The minimum atomic E-state index is -0.316. The number of hydrogen-bond donors (Lipinski definition) is 1. The number of nitrogens with one attached hydrogen (secondary N) is 1. The average molecular weight is 299 g/mol. The monoisotopic (exact) mass is 299 g/mol. The molecule has 114 valence electrons. The van der Waals surface area contributed by atoms with Gasteiger partial charge in [-0.05, 0) is 43.7 Å². The molecule has 0 spiro atoms. The second-order valence-corrected chi connectivity index (χ2v) is 6.37. The van der Waals surface area contributed by atoms with Gasteiger partial charge >= 0.3 is 0 Å². The summed E-state index contributed by atoms with van der Waals surface area (Å²) in [5.41, 5.74) is 1.05. The zero-order chi connectivity index (χ0) is 15.2. The highest BCUT2D eigenvalue weighted by atomic mass is 32.2. The van der Waals surface area contributed by atoms with E-state index in [1.807, 2.05) is 17.8 Å². The lowest BCUT2D eigenvalue weighted by Crippen LogP contribution is -2.37. The van der Waals surface area contributed by atoms with Gasteiger partial charge in [0.1, 0.15) is 0 Å². The summed E-state index contributed by atoms with van der Waals surface area (Å²) in [7, 11) is 1.49. The first-order chi connectivity index (χ1) is 9.51. The van der Waals surface area contributed by atoms with Gasteiger partial charge in [-0.2, -0.15) is 11.8 Å². The number of ether oxygens (including phenoxy) is 1. The molecule has 1 aromatic carbocycles. The quantitative estimate of drug-likeness (QED) is 0.768. The fraction of sp³-hybridized carbons (Fsp3) is 0.625. The van der Waals surface area contributed by atoms with Crippen molar-refractivity contribution in [1.29, 1.82) is 0 Å². The molecule has 0 radical (unpaired) electrons. The van der Waals surface area contributed by atoms with Crippen LogP contribution >= 0.6 is 11.8 Å². The summed E-state index contributed by atoms with van der Waals surface area (Å²) in [4.78, 5) is 0. The highest BCUT2D eigenvalue weighted by molar-refractivity contribution is 8.00. The summed E-state index contributed by atoms with van der Waals surface area (Å²) < 4.78 is 18.7. The first-order valence-electron chi connectivity index (χ1n) is 7.13. The van der Waals surface area contributed by atoms with Gasteiger partial charge in [0.05, 0.1) is 7.11 Å². The normalized spacial score (nSPS) is 13.3. The molecule has 0 aliphatic heterocycles.